The number of ether oxygens (including phenoxy) is 1. The molecule has 20 heavy (non-hydrogen) atoms. The number of nitrogens with zero attached hydrogens (tertiary/aromatic N) is 3. The number of anilines is 2. The monoisotopic (exact) mass is 310 g/mol. The van der Waals surface area contributed by atoms with E-state index in [2.05, 4.69) is 39.4 Å². The fraction of sp³-hybridized carbons (Fsp3) is 0.538. The predicted octanol–water partition coefficient (Wildman–Crippen LogP) is 2.92. The summed E-state index contributed by atoms with van der Waals surface area (Å²) in [6.45, 7) is 7.64. The van der Waals surface area contributed by atoms with Crippen molar-refractivity contribution >= 4 is 32.9 Å². The van der Waals surface area contributed by atoms with Gasteiger partial charge in [-0.2, -0.15) is 0 Å². The van der Waals surface area contributed by atoms with Crippen LogP contribution in [0.25, 0.3) is 10.6 Å². The lowest BCUT2D eigenvalue weighted by Gasteiger charge is -2.25. The molecule has 1 N–H and O–H groups in total. The SMILES string of the molecule is CC(C)Nc1nc(-c2cnc(N3CCOCC3)s2)cs1. The van der Waals surface area contributed by atoms with Gasteiger partial charge in [0.05, 0.1) is 23.8 Å². The van der Waals surface area contributed by atoms with Gasteiger partial charge in [0.15, 0.2) is 10.3 Å². The molecule has 3 rings (SSSR count). The Morgan fingerprint density at radius 3 is 2.90 bits per heavy atom. The van der Waals surface area contributed by atoms with E-state index < -0.39 is 0 Å². The summed E-state index contributed by atoms with van der Waals surface area (Å²) in [5, 5.41) is 7.45. The molecule has 0 unspecified atom stereocenters. The smallest absolute Gasteiger partial charge is 0.186 e. The van der Waals surface area contributed by atoms with Crippen molar-refractivity contribution in [1.29, 1.82) is 0 Å². The van der Waals surface area contributed by atoms with Gasteiger partial charge >= 0.3 is 0 Å². The highest BCUT2D eigenvalue weighted by Gasteiger charge is 2.16. The van der Waals surface area contributed by atoms with Crippen molar-refractivity contribution in [3.63, 3.8) is 0 Å². The van der Waals surface area contributed by atoms with E-state index in [1.54, 1.807) is 22.7 Å². The maximum Gasteiger partial charge on any atom is 0.186 e. The van der Waals surface area contributed by atoms with Crippen LogP contribution in [0.3, 0.4) is 0 Å². The van der Waals surface area contributed by atoms with Gasteiger partial charge in [0.25, 0.3) is 0 Å². The second-order valence-corrected chi connectivity index (χ2v) is 6.81. The van der Waals surface area contributed by atoms with Gasteiger partial charge in [-0.15, -0.1) is 11.3 Å². The van der Waals surface area contributed by atoms with Crippen LogP contribution in [0, 0.1) is 0 Å². The number of aromatic nitrogens is 2. The lowest BCUT2D eigenvalue weighted by molar-refractivity contribution is 0.122. The maximum absolute atomic E-state index is 5.37. The minimum absolute atomic E-state index is 0.402. The van der Waals surface area contributed by atoms with Crippen molar-refractivity contribution in [3.8, 4) is 10.6 Å². The molecule has 108 valence electrons. The van der Waals surface area contributed by atoms with Gasteiger partial charge < -0.3 is 15.0 Å². The van der Waals surface area contributed by atoms with Gasteiger partial charge in [-0.1, -0.05) is 11.3 Å². The first-order valence-electron chi connectivity index (χ1n) is 6.73. The summed E-state index contributed by atoms with van der Waals surface area (Å²) in [7, 11) is 0. The molecule has 2 aromatic rings. The molecule has 0 radical (unpaired) electrons. The Morgan fingerprint density at radius 1 is 1.35 bits per heavy atom. The molecule has 0 saturated carbocycles. The second kappa shape index (κ2) is 6.07. The van der Waals surface area contributed by atoms with E-state index in [0.717, 1.165) is 47.1 Å². The molecule has 0 spiro atoms. The first kappa shape index (κ1) is 13.8. The van der Waals surface area contributed by atoms with E-state index in [1.165, 1.54) is 0 Å². The molecule has 5 nitrogen and oxygen atoms in total. The first-order chi connectivity index (χ1) is 9.72. The highest BCUT2D eigenvalue weighted by atomic mass is 32.1. The van der Waals surface area contributed by atoms with E-state index in [-0.39, 0.29) is 0 Å². The van der Waals surface area contributed by atoms with Gasteiger partial charge in [0, 0.05) is 30.7 Å². The summed E-state index contributed by atoms with van der Waals surface area (Å²) in [6.07, 6.45) is 1.92. The van der Waals surface area contributed by atoms with E-state index >= 15 is 0 Å². The third-order valence-corrected chi connectivity index (χ3v) is 4.80. The number of nitrogens with one attached hydrogen (secondary N) is 1. The molecule has 1 saturated heterocycles. The molecular weight excluding hydrogens is 292 g/mol. The highest BCUT2D eigenvalue weighted by Crippen LogP contribution is 2.33. The van der Waals surface area contributed by atoms with E-state index in [4.69, 9.17) is 4.74 Å². The lowest BCUT2D eigenvalue weighted by atomic mass is 10.4. The fourth-order valence-corrected chi connectivity index (χ4v) is 3.84. The standard InChI is InChI=1S/C13H18N4OS2/c1-9(2)15-12-16-10(8-19-12)11-7-14-13(20-11)17-3-5-18-6-4-17/h7-9H,3-6H2,1-2H3,(H,15,16). The highest BCUT2D eigenvalue weighted by molar-refractivity contribution is 7.19. The maximum atomic E-state index is 5.37. The number of hydrogen-bond donors (Lipinski definition) is 1. The van der Waals surface area contributed by atoms with Crippen LogP contribution in [0.1, 0.15) is 13.8 Å². The van der Waals surface area contributed by atoms with Gasteiger partial charge in [-0.25, -0.2) is 9.97 Å². The van der Waals surface area contributed by atoms with Crippen LogP contribution < -0.4 is 10.2 Å². The van der Waals surface area contributed by atoms with Crippen LogP contribution in [-0.2, 0) is 4.74 Å². The molecule has 7 heteroatoms. The second-order valence-electron chi connectivity index (χ2n) is 4.94. The van der Waals surface area contributed by atoms with Crippen LogP contribution in [0.4, 0.5) is 10.3 Å². The van der Waals surface area contributed by atoms with Crippen molar-refractivity contribution in [2.45, 2.75) is 19.9 Å². The van der Waals surface area contributed by atoms with Crippen LogP contribution in [0.5, 0.6) is 0 Å². The molecule has 1 fully saturated rings. The summed E-state index contributed by atoms with van der Waals surface area (Å²) >= 11 is 3.34. The molecule has 1 aliphatic rings. The van der Waals surface area contributed by atoms with Gasteiger partial charge in [0.2, 0.25) is 0 Å². The Morgan fingerprint density at radius 2 is 2.15 bits per heavy atom. The molecule has 2 aromatic heterocycles. The van der Waals surface area contributed by atoms with Crippen LogP contribution >= 0.6 is 22.7 Å². The predicted molar refractivity (Wildman–Crippen MR) is 85.0 cm³/mol. The minimum Gasteiger partial charge on any atom is -0.378 e. The summed E-state index contributed by atoms with van der Waals surface area (Å²) in [6, 6.07) is 0.402. The number of thiazole rings is 2. The van der Waals surface area contributed by atoms with Crippen molar-refractivity contribution in [3.05, 3.63) is 11.6 Å². The normalized spacial score (nSPS) is 15.8. The summed E-state index contributed by atoms with van der Waals surface area (Å²) in [5.41, 5.74) is 1.01. The third-order valence-electron chi connectivity index (χ3n) is 2.94. The first-order valence-corrected chi connectivity index (χ1v) is 8.43. The van der Waals surface area contributed by atoms with Crippen molar-refractivity contribution in [1.82, 2.24) is 9.97 Å². The Kier molecular flexibility index (Phi) is 4.18. The molecule has 1 aliphatic heterocycles. The zero-order valence-corrected chi connectivity index (χ0v) is 13.3. The Hall–Kier alpha value is -1.18. The Bertz CT molecular complexity index is 560. The molecule has 0 amide bonds. The van der Waals surface area contributed by atoms with Gasteiger partial charge in [-0.3, -0.25) is 0 Å². The molecule has 0 atom stereocenters. The third kappa shape index (κ3) is 3.11. The topological polar surface area (TPSA) is 50.3 Å². The summed E-state index contributed by atoms with van der Waals surface area (Å²) in [5.74, 6) is 0. The van der Waals surface area contributed by atoms with E-state index in [0.29, 0.717) is 6.04 Å². The van der Waals surface area contributed by atoms with Gasteiger partial charge in [-0.05, 0) is 13.8 Å². The van der Waals surface area contributed by atoms with Crippen molar-refractivity contribution < 1.29 is 4.74 Å². The zero-order chi connectivity index (χ0) is 13.9. The quantitative estimate of drug-likeness (QED) is 0.941. The van der Waals surface area contributed by atoms with E-state index in [1.807, 2.05) is 6.20 Å². The van der Waals surface area contributed by atoms with Crippen molar-refractivity contribution in [2.24, 2.45) is 0 Å². The van der Waals surface area contributed by atoms with Crippen LogP contribution in [0.15, 0.2) is 11.6 Å². The largest absolute Gasteiger partial charge is 0.378 e. The van der Waals surface area contributed by atoms with Crippen LogP contribution in [-0.4, -0.2) is 42.3 Å². The van der Waals surface area contributed by atoms with Gasteiger partial charge in [0.1, 0.15) is 0 Å². The molecular formula is C13H18N4OS2. The van der Waals surface area contributed by atoms with Crippen LogP contribution in [0.2, 0.25) is 0 Å². The lowest BCUT2D eigenvalue weighted by Crippen LogP contribution is -2.36. The Balaban J connectivity index is 1.74. The number of morpholine rings is 1. The molecule has 3 heterocycles. The molecule has 0 aliphatic carbocycles. The average molecular weight is 310 g/mol. The molecule has 0 bridgehead atoms. The van der Waals surface area contributed by atoms with E-state index in [9.17, 15) is 0 Å². The van der Waals surface area contributed by atoms with Crippen molar-refractivity contribution in [2.75, 3.05) is 36.5 Å². The minimum atomic E-state index is 0.402. The fourth-order valence-electron chi connectivity index (χ4n) is 1.98. The Labute approximate surface area is 126 Å². The number of hydrogen-bond acceptors (Lipinski definition) is 7. The number of rotatable bonds is 4. The average Bonchev–Trinajstić information content (AvgIpc) is 3.07. The summed E-state index contributed by atoms with van der Waals surface area (Å²) < 4.78 is 5.37. The molecule has 0 aromatic carbocycles. The zero-order valence-electron chi connectivity index (χ0n) is 11.6. The summed E-state index contributed by atoms with van der Waals surface area (Å²) in [4.78, 5) is 12.5.